The summed E-state index contributed by atoms with van der Waals surface area (Å²) >= 11 is 0. The van der Waals surface area contributed by atoms with Crippen molar-refractivity contribution in [1.82, 2.24) is 5.43 Å². The summed E-state index contributed by atoms with van der Waals surface area (Å²) in [4.78, 5) is 22.1. The van der Waals surface area contributed by atoms with E-state index in [1.54, 1.807) is 24.3 Å². The maximum absolute atomic E-state index is 11.6. The zero-order valence-corrected chi connectivity index (χ0v) is 13.6. The molecule has 0 saturated heterocycles. The van der Waals surface area contributed by atoms with Gasteiger partial charge < -0.3 is 4.74 Å². The predicted molar refractivity (Wildman–Crippen MR) is 95.4 cm³/mol. The quantitative estimate of drug-likeness (QED) is 0.476. The Morgan fingerprint density at radius 2 is 1.96 bits per heavy atom. The summed E-state index contributed by atoms with van der Waals surface area (Å²) in [5, 5.41) is 14.6. The number of allylic oxidation sites excluding steroid dienone is 1. The van der Waals surface area contributed by atoms with Crippen LogP contribution in [0.5, 0.6) is 5.75 Å². The first-order valence-electron chi connectivity index (χ1n) is 7.48. The highest BCUT2D eigenvalue weighted by atomic mass is 16.6. The molecular formula is C18H17N3O4. The molecule has 0 aromatic heterocycles. The molecule has 1 N–H and O–H groups in total. The lowest BCUT2D eigenvalue weighted by molar-refractivity contribution is -0.385. The van der Waals surface area contributed by atoms with Gasteiger partial charge >= 0.3 is 0 Å². The zero-order chi connectivity index (χ0) is 18.1. The molecule has 0 radical (unpaired) electrons. The maximum Gasteiger partial charge on any atom is 0.277 e. The van der Waals surface area contributed by atoms with Crippen molar-refractivity contribution in [2.45, 2.75) is 6.92 Å². The van der Waals surface area contributed by atoms with Gasteiger partial charge in [0.2, 0.25) is 0 Å². The molecule has 0 aliphatic rings. The third-order valence-corrected chi connectivity index (χ3v) is 3.21. The summed E-state index contributed by atoms with van der Waals surface area (Å²) in [7, 11) is 0. The highest BCUT2D eigenvalue weighted by Gasteiger charge is 2.08. The zero-order valence-electron chi connectivity index (χ0n) is 13.6. The average molecular weight is 339 g/mol. The predicted octanol–water partition coefficient (Wildman–Crippen LogP) is 3.10. The topological polar surface area (TPSA) is 93.8 Å². The molecule has 0 aliphatic carbocycles. The number of ether oxygens (including phenoxy) is 1. The van der Waals surface area contributed by atoms with Crippen LogP contribution in [0.3, 0.4) is 0 Å². The smallest absolute Gasteiger partial charge is 0.277 e. The van der Waals surface area contributed by atoms with Crippen molar-refractivity contribution in [1.29, 1.82) is 0 Å². The molecule has 2 aromatic rings. The summed E-state index contributed by atoms with van der Waals surface area (Å²) in [6, 6.07) is 13.7. The lowest BCUT2D eigenvalue weighted by Gasteiger charge is -2.07. The van der Waals surface area contributed by atoms with E-state index in [-0.39, 0.29) is 12.3 Å². The number of nitro benzene ring substituents is 1. The first kappa shape index (κ1) is 17.9. The minimum Gasteiger partial charge on any atom is -0.483 e. The van der Waals surface area contributed by atoms with E-state index in [2.05, 4.69) is 10.5 Å². The number of rotatable bonds is 7. The van der Waals surface area contributed by atoms with Gasteiger partial charge in [-0.05, 0) is 36.8 Å². The number of benzene rings is 2. The standard InChI is InChI=1S/C18H17N3O4/c1-14-7-2-5-11-17(14)25-13-18(22)20-19-12-6-9-15-8-3-4-10-16(15)21(23)24/h2-12H,13H2,1H3,(H,20,22)/b9-6+,19-12+. The van der Waals surface area contributed by atoms with E-state index >= 15 is 0 Å². The van der Waals surface area contributed by atoms with Crippen LogP contribution in [-0.2, 0) is 4.79 Å². The van der Waals surface area contributed by atoms with E-state index in [1.165, 1.54) is 24.4 Å². The normalized spacial score (nSPS) is 10.9. The summed E-state index contributed by atoms with van der Waals surface area (Å²) in [5.74, 6) is 0.233. The van der Waals surface area contributed by atoms with Crippen LogP contribution in [0.1, 0.15) is 11.1 Å². The van der Waals surface area contributed by atoms with Gasteiger partial charge in [0.1, 0.15) is 5.75 Å². The molecule has 7 heteroatoms. The Labute approximate surface area is 144 Å². The molecule has 0 spiro atoms. The van der Waals surface area contributed by atoms with Crippen LogP contribution in [0.25, 0.3) is 6.08 Å². The number of para-hydroxylation sites is 2. The monoisotopic (exact) mass is 339 g/mol. The second-order valence-electron chi connectivity index (χ2n) is 5.04. The molecular weight excluding hydrogens is 322 g/mol. The van der Waals surface area contributed by atoms with E-state index < -0.39 is 10.8 Å². The second-order valence-corrected chi connectivity index (χ2v) is 5.04. The van der Waals surface area contributed by atoms with Gasteiger partial charge in [-0.1, -0.05) is 30.3 Å². The fourth-order valence-electron chi connectivity index (χ4n) is 1.99. The Morgan fingerprint density at radius 1 is 1.24 bits per heavy atom. The number of hydrogen-bond donors (Lipinski definition) is 1. The number of aryl methyl sites for hydroxylation is 1. The van der Waals surface area contributed by atoms with Crippen LogP contribution in [0.4, 0.5) is 5.69 Å². The molecule has 2 aromatic carbocycles. The number of amides is 1. The largest absolute Gasteiger partial charge is 0.483 e. The Morgan fingerprint density at radius 3 is 2.72 bits per heavy atom. The third-order valence-electron chi connectivity index (χ3n) is 3.21. The average Bonchev–Trinajstić information content (AvgIpc) is 2.61. The summed E-state index contributed by atoms with van der Waals surface area (Å²) in [6.07, 6.45) is 4.38. The highest BCUT2D eigenvalue weighted by molar-refractivity contribution is 5.82. The SMILES string of the molecule is Cc1ccccc1OCC(=O)N/N=C/C=C/c1ccccc1[N+](=O)[O-]. The fourth-order valence-corrected chi connectivity index (χ4v) is 1.99. The molecule has 2 rings (SSSR count). The van der Waals surface area contributed by atoms with Crippen LogP contribution < -0.4 is 10.2 Å². The molecule has 1 amide bonds. The molecule has 0 unspecified atom stereocenters. The van der Waals surface area contributed by atoms with Gasteiger partial charge in [-0.3, -0.25) is 14.9 Å². The molecule has 25 heavy (non-hydrogen) atoms. The lowest BCUT2D eigenvalue weighted by Crippen LogP contribution is -2.24. The van der Waals surface area contributed by atoms with Crippen molar-refractivity contribution in [3.63, 3.8) is 0 Å². The minimum atomic E-state index is -0.457. The van der Waals surface area contributed by atoms with Gasteiger partial charge in [-0.25, -0.2) is 5.43 Å². The fraction of sp³-hybridized carbons (Fsp3) is 0.111. The van der Waals surface area contributed by atoms with E-state index in [0.717, 1.165) is 5.56 Å². The van der Waals surface area contributed by atoms with Crippen LogP contribution in [0.15, 0.2) is 59.7 Å². The Bertz CT molecular complexity index is 815. The van der Waals surface area contributed by atoms with Gasteiger partial charge in [-0.15, -0.1) is 0 Å². The van der Waals surface area contributed by atoms with Crippen molar-refractivity contribution in [3.05, 3.63) is 75.8 Å². The van der Waals surface area contributed by atoms with Crippen molar-refractivity contribution >= 4 is 23.9 Å². The molecule has 0 saturated carbocycles. The minimum absolute atomic E-state index is 0.00261. The molecule has 0 atom stereocenters. The molecule has 0 bridgehead atoms. The van der Waals surface area contributed by atoms with Crippen molar-refractivity contribution in [2.75, 3.05) is 6.61 Å². The summed E-state index contributed by atoms with van der Waals surface area (Å²) < 4.78 is 5.39. The maximum atomic E-state index is 11.6. The third kappa shape index (κ3) is 5.58. The van der Waals surface area contributed by atoms with E-state index in [1.807, 2.05) is 25.1 Å². The number of hydrazone groups is 1. The highest BCUT2D eigenvalue weighted by Crippen LogP contribution is 2.18. The van der Waals surface area contributed by atoms with Gasteiger partial charge in [0, 0.05) is 12.3 Å². The van der Waals surface area contributed by atoms with Crippen LogP contribution in [0.2, 0.25) is 0 Å². The van der Waals surface area contributed by atoms with Crippen molar-refractivity contribution in [2.24, 2.45) is 5.10 Å². The Kier molecular flexibility index (Phi) is 6.41. The first-order valence-corrected chi connectivity index (χ1v) is 7.48. The van der Waals surface area contributed by atoms with Gasteiger partial charge in [0.05, 0.1) is 10.5 Å². The molecule has 0 fully saturated rings. The second kappa shape index (κ2) is 8.97. The number of carbonyl (C=O) groups excluding carboxylic acids is 1. The molecule has 0 aliphatic heterocycles. The van der Waals surface area contributed by atoms with Crippen molar-refractivity contribution in [3.8, 4) is 5.75 Å². The van der Waals surface area contributed by atoms with Crippen molar-refractivity contribution < 1.29 is 14.5 Å². The van der Waals surface area contributed by atoms with Gasteiger partial charge in [0.15, 0.2) is 6.61 Å². The summed E-state index contributed by atoms with van der Waals surface area (Å²) in [5.41, 5.74) is 3.71. The van der Waals surface area contributed by atoms with Crippen LogP contribution >= 0.6 is 0 Å². The number of nitro groups is 1. The van der Waals surface area contributed by atoms with Crippen LogP contribution in [0, 0.1) is 17.0 Å². The Balaban J connectivity index is 1.82. The number of nitrogens with zero attached hydrogens (tertiary/aromatic N) is 2. The molecule has 0 heterocycles. The number of nitrogens with one attached hydrogen (secondary N) is 1. The lowest BCUT2D eigenvalue weighted by atomic mass is 10.2. The van der Waals surface area contributed by atoms with Gasteiger partial charge in [0.25, 0.3) is 11.6 Å². The molecule has 7 nitrogen and oxygen atoms in total. The Hall–Kier alpha value is -3.48. The molecule has 128 valence electrons. The van der Waals surface area contributed by atoms with E-state index in [4.69, 9.17) is 4.74 Å². The first-order chi connectivity index (χ1) is 12.1. The van der Waals surface area contributed by atoms with E-state index in [0.29, 0.717) is 11.3 Å². The number of hydrogen-bond acceptors (Lipinski definition) is 5. The van der Waals surface area contributed by atoms with Gasteiger partial charge in [-0.2, -0.15) is 5.10 Å². The van der Waals surface area contributed by atoms with Crippen LogP contribution in [-0.4, -0.2) is 23.7 Å². The number of carbonyl (C=O) groups is 1. The van der Waals surface area contributed by atoms with E-state index in [9.17, 15) is 14.9 Å². The summed E-state index contributed by atoms with van der Waals surface area (Å²) in [6.45, 7) is 1.73.